The van der Waals surface area contributed by atoms with Crippen molar-refractivity contribution in [1.82, 2.24) is 5.06 Å². The average molecular weight is 832 g/mol. The Labute approximate surface area is 369 Å². The Morgan fingerprint density at radius 1 is 0.254 bits per heavy atom. The van der Waals surface area contributed by atoms with E-state index in [1.807, 2.05) is 0 Å². The zero-order chi connectivity index (χ0) is 43.0. The van der Waals surface area contributed by atoms with Gasteiger partial charge in [0.25, 0.3) is 11.8 Å². The summed E-state index contributed by atoms with van der Waals surface area (Å²) >= 11 is 0. The molecule has 0 radical (unpaired) electrons. The third-order valence-corrected chi connectivity index (χ3v) is 12.6. The molecule has 0 aromatic rings. The molecule has 59 heavy (non-hydrogen) atoms. The van der Waals surface area contributed by atoms with Gasteiger partial charge in [-0.3, -0.25) is 9.59 Å². The van der Waals surface area contributed by atoms with E-state index in [1.54, 1.807) is 0 Å². The van der Waals surface area contributed by atoms with Gasteiger partial charge in [-0.05, 0) is 19.3 Å². The summed E-state index contributed by atoms with van der Waals surface area (Å²) in [6, 6.07) is 0. The quantitative estimate of drug-likeness (QED) is 0.0453. The Morgan fingerprint density at radius 2 is 0.424 bits per heavy atom. The van der Waals surface area contributed by atoms with Crippen molar-refractivity contribution in [3.05, 3.63) is 0 Å². The van der Waals surface area contributed by atoms with E-state index in [2.05, 4.69) is 20.8 Å². The summed E-state index contributed by atoms with van der Waals surface area (Å²) in [7, 11) is 0. The number of hydrogen-bond acceptors (Lipinski definition) is 4. The van der Waals surface area contributed by atoms with Crippen molar-refractivity contribution in [2.24, 2.45) is 0 Å². The van der Waals surface area contributed by atoms with E-state index < -0.39 is 5.97 Å². The maximum Gasteiger partial charge on any atom is 0.333 e. The normalized spacial score (nSPS) is 11.4. The number of rotatable bonds is 48. The third-order valence-electron chi connectivity index (χ3n) is 12.6. The third kappa shape index (κ3) is 44.5. The predicted molar refractivity (Wildman–Crippen MR) is 257 cm³/mol. The van der Waals surface area contributed by atoms with Crippen molar-refractivity contribution in [1.29, 1.82) is 0 Å². The number of unbranched alkanes of at least 4 members (excludes halogenated alkanes) is 42. The van der Waals surface area contributed by atoms with E-state index in [9.17, 15) is 14.4 Å². The maximum absolute atomic E-state index is 13.3. The second-order valence-corrected chi connectivity index (χ2v) is 18.6. The first-order valence-corrected chi connectivity index (χ1v) is 27.1. The van der Waals surface area contributed by atoms with Crippen molar-refractivity contribution in [2.75, 3.05) is 0 Å². The number of nitrogens with zero attached hydrogens (tertiary/aromatic N) is 1. The largest absolute Gasteiger partial charge is 0.333 e. The molecule has 0 aliphatic rings. The Morgan fingerprint density at radius 3 is 0.627 bits per heavy atom. The molecule has 0 aromatic carbocycles. The maximum atomic E-state index is 13.3. The van der Waals surface area contributed by atoms with E-state index >= 15 is 0 Å². The van der Waals surface area contributed by atoms with Crippen LogP contribution in [0, 0.1) is 0 Å². The Balaban J connectivity index is 4.33. The summed E-state index contributed by atoms with van der Waals surface area (Å²) in [6.07, 6.45) is 58.0. The lowest BCUT2D eigenvalue weighted by atomic mass is 10.0. The molecule has 5 heteroatoms. The highest BCUT2D eigenvalue weighted by Gasteiger charge is 2.25. The Kier molecular flexibility index (Phi) is 48.1. The molecule has 0 aliphatic carbocycles. The predicted octanol–water partition coefficient (Wildman–Crippen LogP) is 18.6. The van der Waals surface area contributed by atoms with E-state index in [-0.39, 0.29) is 31.1 Å². The van der Waals surface area contributed by atoms with Gasteiger partial charge in [-0.1, -0.05) is 290 Å². The molecule has 0 fully saturated rings. The van der Waals surface area contributed by atoms with Gasteiger partial charge in [0.05, 0.1) is 0 Å². The van der Waals surface area contributed by atoms with Gasteiger partial charge in [0.1, 0.15) is 0 Å². The van der Waals surface area contributed by atoms with Gasteiger partial charge in [0, 0.05) is 19.3 Å². The molecular weight excluding hydrogens is 727 g/mol. The molecule has 0 spiro atoms. The van der Waals surface area contributed by atoms with Crippen LogP contribution in [-0.2, 0) is 19.2 Å². The summed E-state index contributed by atoms with van der Waals surface area (Å²) < 4.78 is 0. The van der Waals surface area contributed by atoms with Gasteiger partial charge in [-0.2, -0.15) is 0 Å². The monoisotopic (exact) mass is 832 g/mol. The van der Waals surface area contributed by atoms with Crippen LogP contribution in [0.3, 0.4) is 0 Å². The first-order valence-electron chi connectivity index (χ1n) is 27.1. The molecular formula is C54H105NO4. The van der Waals surface area contributed by atoms with Crippen LogP contribution in [0.25, 0.3) is 0 Å². The van der Waals surface area contributed by atoms with Crippen molar-refractivity contribution < 1.29 is 19.2 Å². The summed E-state index contributed by atoms with van der Waals surface area (Å²) in [5.41, 5.74) is 0. The highest BCUT2D eigenvalue weighted by Crippen LogP contribution is 2.18. The molecule has 0 saturated carbocycles. The topological polar surface area (TPSA) is 63.7 Å². The number of carbonyl (C=O) groups excluding carboxylic acids is 3. The van der Waals surface area contributed by atoms with Crippen LogP contribution in [0.5, 0.6) is 0 Å². The van der Waals surface area contributed by atoms with Crippen LogP contribution in [0.2, 0.25) is 0 Å². The molecule has 0 aromatic heterocycles. The second-order valence-electron chi connectivity index (χ2n) is 18.6. The highest BCUT2D eigenvalue weighted by molar-refractivity contribution is 5.95. The number of hydrogen-bond donors (Lipinski definition) is 0. The van der Waals surface area contributed by atoms with Crippen molar-refractivity contribution in [3.8, 4) is 0 Å². The van der Waals surface area contributed by atoms with Crippen LogP contribution in [0.15, 0.2) is 0 Å². The van der Waals surface area contributed by atoms with Crippen molar-refractivity contribution in [2.45, 2.75) is 329 Å². The van der Waals surface area contributed by atoms with Gasteiger partial charge in [0.2, 0.25) is 0 Å². The molecule has 0 saturated heterocycles. The lowest BCUT2D eigenvalue weighted by Gasteiger charge is -2.19. The number of amides is 2. The van der Waals surface area contributed by atoms with E-state index in [1.165, 1.54) is 231 Å². The van der Waals surface area contributed by atoms with Crippen LogP contribution in [0.1, 0.15) is 329 Å². The summed E-state index contributed by atoms with van der Waals surface area (Å²) in [4.78, 5) is 44.9. The fourth-order valence-electron chi connectivity index (χ4n) is 8.53. The average Bonchev–Trinajstić information content (AvgIpc) is 3.23. The van der Waals surface area contributed by atoms with Gasteiger partial charge in [-0.15, -0.1) is 5.06 Å². The summed E-state index contributed by atoms with van der Waals surface area (Å²) in [5.74, 6) is -1.11. The first kappa shape index (κ1) is 57.6. The Bertz CT molecular complexity index is 828. The molecule has 0 unspecified atom stereocenters. The van der Waals surface area contributed by atoms with E-state index in [0.717, 1.165) is 62.9 Å². The van der Waals surface area contributed by atoms with Gasteiger partial charge in [0.15, 0.2) is 0 Å². The van der Waals surface area contributed by atoms with Crippen LogP contribution < -0.4 is 0 Å². The molecule has 5 nitrogen and oxygen atoms in total. The fourth-order valence-corrected chi connectivity index (χ4v) is 8.53. The SMILES string of the molecule is CCCCCCCCCCCCCCCCCC(=O)ON(C(=O)CCCCCCCCCCCCCCCCC)C(=O)CCCCCCCCCCCCCCCCC. The van der Waals surface area contributed by atoms with Gasteiger partial charge >= 0.3 is 5.97 Å². The molecule has 350 valence electrons. The summed E-state index contributed by atoms with van der Waals surface area (Å²) in [6.45, 7) is 6.83. The van der Waals surface area contributed by atoms with Crippen LogP contribution in [0.4, 0.5) is 0 Å². The molecule has 0 atom stereocenters. The zero-order valence-corrected chi connectivity index (χ0v) is 40.5. The smallest absolute Gasteiger partial charge is 0.330 e. The van der Waals surface area contributed by atoms with Gasteiger partial charge < -0.3 is 4.84 Å². The standard InChI is InChI=1S/C54H105NO4/c1-4-7-10-13-16-19-22-25-28-31-34-37-40-43-46-49-52(56)55(53(57)50-47-44-41-38-35-32-29-26-23-20-17-14-11-8-5-2)59-54(58)51-48-45-42-39-36-33-30-27-24-21-18-15-12-9-6-3/h4-51H2,1-3H3. The molecule has 0 aliphatic heterocycles. The van der Waals surface area contributed by atoms with Crippen molar-refractivity contribution in [3.63, 3.8) is 0 Å². The number of carbonyl (C=O) groups is 3. The molecule has 0 N–H and O–H groups in total. The number of hydroxylamine groups is 2. The van der Waals surface area contributed by atoms with Gasteiger partial charge in [-0.25, -0.2) is 4.79 Å². The molecule has 0 heterocycles. The second kappa shape index (κ2) is 49.3. The molecule has 2 amide bonds. The lowest BCUT2D eigenvalue weighted by Crippen LogP contribution is -2.38. The minimum absolute atomic E-state index is 0.271. The zero-order valence-electron chi connectivity index (χ0n) is 40.5. The highest BCUT2D eigenvalue weighted by atomic mass is 16.7. The number of imide groups is 1. The minimum atomic E-state index is -0.436. The molecule has 0 rings (SSSR count). The summed E-state index contributed by atoms with van der Waals surface area (Å²) in [5, 5.41) is 0.862. The molecule has 0 bridgehead atoms. The minimum Gasteiger partial charge on any atom is -0.330 e. The van der Waals surface area contributed by atoms with E-state index in [0.29, 0.717) is 0 Å². The van der Waals surface area contributed by atoms with Crippen LogP contribution in [-0.4, -0.2) is 22.8 Å². The lowest BCUT2D eigenvalue weighted by molar-refractivity contribution is -0.203. The fraction of sp³-hybridized carbons (Fsp3) is 0.944. The van der Waals surface area contributed by atoms with Crippen LogP contribution >= 0.6 is 0 Å². The Hall–Kier alpha value is -1.39. The first-order chi connectivity index (χ1) is 29.1. The van der Waals surface area contributed by atoms with E-state index in [4.69, 9.17) is 4.84 Å². The van der Waals surface area contributed by atoms with Crippen molar-refractivity contribution >= 4 is 17.8 Å².